The number of aryl methyl sites for hydroxylation is 1. The molecule has 3 heterocycles. The lowest BCUT2D eigenvalue weighted by Gasteiger charge is -2.35. The van der Waals surface area contributed by atoms with Gasteiger partial charge in [0.25, 0.3) is 5.91 Å². The van der Waals surface area contributed by atoms with Crippen molar-refractivity contribution in [2.75, 3.05) is 31.1 Å². The Balaban J connectivity index is 1.40. The van der Waals surface area contributed by atoms with Crippen LogP contribution in [-0.2, 0) is 6.42 Å². The summed E-state index contributed by atoms with van der Waals surface area (Å²) in [6.07, 6.45) is 2.23. The topological polar surface area (TPSA) is 49.3 Å². The minimum Gasteiger partial charge on any atom is -0.353 e. The fourth-order valence-electron chi connectivity index (χ4n) is 3.34. The molecule has 3 aromatic rings. The predicted molar refractivity (Wildman–Crippen MR) is 113 cm³/mol. The van der Waals surface area contributed by atoms with E-state index in [4.69, 9.17) is 11.6 Å². The second-order valence-electron chi connectivity index (χ2n) is 6.94. The molecule has 5 nitrogen and oxygen atoms in total. The van der Waals surface area contributed by atoms with E-state index < -0.39 is 0 Å². The molecule has 0 bridgehead atoms. The normalized spacial score (nSPS) is 14.3. The van der Waals surface area contributed by atoms with Gasteiger partial charge in [0.05, 0.1) is 15.7 Å². The number of piperazine rings is 1. The molecule has 2 aromatic heterocycles. The zero-order valence-electron chi connectivity index (χ0n) is 15.9. The van der Waals surface area contributed by atoms with Crippen LogP contribution in [0.4, 0.5) is 10.2 Å². The number of thiazole rings is 1. The van der Waals surface area contributed by atoms with Crippen LogP contribution in [0.3, 0.4) is 0 Å². The molecule has 29 heavy (non-hydrogen) atoms. The van der Waals surface area contributed by atoms with Crippen LogP contribution in [0.25, 0.3) is 0 Å². The zero-order chi connectivity index (χ0) is 20.4. The molecule has 0 N–H and O–H groups in total. The van der Waals surface area contributed by atoms with E-state index in [0.29, 0.717) is 29.4 Å². The van der Waals surface area contributed by atoms with E-state index in [-0.39, 0.29) is 11.7 Å². The van der Waals surface area contributed by atoms with Crippen molar-refractivity contribution in [3.63, 3.8) is 0 Å². The molecule has 1 amide bonds. The van der Waals surface area contributed by atoms with Crippen molar-refractivity contribution >= 4 is 34.7 Å². The van der Waals surface area contributed by atoms with E-state index in [1.807, 2.05) is 24.0 Å². The van der Waals surface area contributed by atoms with Crippen molar-refractivity contribution in [2.45, 2.75) is 13.3 Å². The highest BCUT2D eigenvalue weighted by Crippen LogP contribution is 2.24. The molecule has 0 atom stereocenters. The molecule has 1 fully saturated rings. The maximum Gasteiger partial charge on any atom is 0.265 e. The lowest BCUT2D eigenvalue weighted by Crippen LogP contribution is -2.49. The average molecular weight is 431 g/mol. The first-order valence-electron chi connectivity index (χ1n) is 9.36. The number of hydrogen-bond donors (Lipinski definition) is 0. The summed E-state index contributed by atoms with van der Waals surface area (Å²) >= 11 is 7.32. The van der Waals surface area contributed by atoms with Crippen molar-refractivity contribution in [3.8, 4) is 0 Å². The van der Waals surface area contributed by atoms with Gasteiger partial charge in [-0.1, -0.05) is 23.7 Å². The van der Waals surface area contributed by atoms with Crippen LogP contribution in [0.2, 0.25) is 5.02 Å². The number of hydrogen-bond acceptors (Lipinski definition) is 5. The number of halogens is 2. The van der Waals surface area contributed by atoms with E-state index in [1.54, 1.807) is 18.3 Å². The van der Waals surface area contributed by atoms with Crippen LogP contribution in [0.5, 0.6) is 0 Å². The highest BCUT2D eigenvalue weighted by molar-refractivity contribution is 7.13. The summed E-state index contributed by atoms with van der Waals surface area (Å²) in [5.41, 5.74) is 1.72. The number of carbonyl (C=O) groups is 1. The summed E-state index contributed by atoms with van der Waals surface area (Å²) in [5, 5.41) is 1.47. The quantitative estimate of drug-likeness (QED) is 0.622. The molecule has 8 heteroatoms. The SMILES string of the molecule is Cc1nc(Cc2ccc(F)cc2)sc1C(=O)N1CCN(c2ccc(Cl)cn2)CC1. The number of amides is 1. The largest absolute Gasteiger partial charge is 0.353 e. The van der Waals surface area contributed by atoms with Crippen molar-refractivity contribution in [2.24, 2.45) is 0 Å². The summed E-state index contributed by atoms with van der Waals surface area (Å²) in [6.45, 7) is 4.58. The Bertz CT molecular complexity index is 999. The number of anilines is 1. The molecule has 0 radical (unpaired) electrons. The lowest BCUT2D eigenvalue weighted by atomic mass is 10.1. The summed E-state index contributed by atoms with van der Waals surface area (Å²) < 4.78 is 13.1. The molecule has 150 valence electrons. The molecular formula is C21H20ClFN4OS. The highest BCUT2D eigenvalue weighted by Gasteiger charge is 2.26. The number of aromatic nitrogens is 2. The molecule has 1 saturated heterocycles. The third-order valence-electron chi connectivity index (χ3n) is 4.91. The molecule has 1 aromatic carbocycles. The standard InChI is InChI=1S/C21H20ClFN4OS/c1-14-20(29-19(25-14)12-15-2-5-17(23)6-3-15)21(28)27-10-8-26(9-11-27)18-7-4-16(22)13-24-18/h2-7,13H,8-12H2,1H3. The van der Waals surface area contributed by atoms with Gasteiger partial charge in [0.1, 0.15) is 16.5 Å². The first kappa shape index (κ1) is 19.8. The van der Waals surface area contributed by atoms with Crippen molar-refractivity contribution in [1.82, 2.24) is 14.9 Å². The molecule has 1 aliphatic heterocycles. The van der Waals surface area contributed by atoms with Gasteiger partial charge in [0, 0.05) is 38.8 Å². The second kappa shape index (κ2) is 8.47. The first-order chi connectivity index (χ1) is 14.0. The van der Waals surface area contributed by atoms with Gasteiger partial charge >= 0.3 is 0 Å². The first-order valence-corrected chi connectivity index (χ1v) is 10.6. The summed E-state index contributed by atoms with van der Waals surface area (Å²) in [4.78, 5) is 26.6. The Morgan fingerprint density at radius 2 is 1.86 bits per heavy atom. The van der Waals surface area contributed by atoms with Gasteiger partial charge in [-0.2, -0.15) is 0 Å². The van der Waals surface area contributed by atoms with Crippen molar-refractivity contribution in [3.05, 3.63) is 74.6 Å². The molecule has 0 unspecified atom stereocenters. The van der Waals surface area contributed by atoms with E-state index in [0.717, 1.165) is 35.2 Å². The summed E-state index contributed by atoms with van der Waals surface area (Å²) in [6, 6.07) is 10.1. The van der Waals surface area contributed by atoms with Crippen LogP contribution in [-0.4, -0.2) is 47.0 Å². The van der Waals surface area contributed by atoms with Crippen LogP contribution in [0.1, 0.15) is 25.9 Å². The van der Waals surface area contributed by atoms with Crippen LogP contribution in [0, 0.1) is 12.7 Å². The van der Waals surface area contributed by atoms with Gasteiger partial charge in [0.2, 0.25) is 0 Å². The van der Waals surface area contributed by atoms with Crippen molar-refractivity contribution < 1.29 is 9.18 Å². The fourth-order valence-corrected chi connectivity index (χ4v) is 4.52. The predicted octanol–water partition coefficient (Wildman–Crippen LogP) is 4.19. The van der Waals surface area contributed by atoms with Gasteiger partial charge in [-0.25, -0.2) is 14.4 Å². The Hall–Kier alpha value is -2.51. The monoisotopic (exact) mass is 430 g/mol. The molecule has 0 spiro atoms. The van der Waals surface area contributed by atoms with Crippen LogP contribution in [0.15, 0.2) is 42.6 Å². The molecular weight excluding hydrogens is 411 g/mol. The van der Waals surface area contributed by atoms with E-state index in [1.165, 1.54) is 23.5 Å². The minimum atomic E-state index is -0.257. The van der Waals surface area contributed by atoms with Gasteiger partial charge in [-0.3, -0.25) is 4.79 Å². The third kappa shape index (κ3) is 4.57. The summed E-state index contributed by atoms with van der Waals surface area (Å²) in [5.74, 6) is 0.638. The number of benzene rings is 1. The highest BCUT2D eigenvalue weighted by atomic mass is 35.5. The van der Waals surface area contributed by atoms with E-state index in [2.05, 4.69) is 14.9 Å². The van der Waals surface area contributed by atoms with E-state index >= 15 is 0 Å². The molecule has 0 saturated carbocycles. The van der Waals surface area contributed by atoms with Gasteiger partial charge in [0.15, 0.2) is 0 Å². The Morgan fingerprint density at radius 3 is 2.52 bits per heavy atom. The Kier molecular flexibility index (Phi) is 5.78. The zero-order valence-corrected chi connectivity index (χ0v) is 17.5. The Labute approximate surface area is 177 Å². The number of pyridine rings is 1. The van der Waals surface area contributed by atoms with Crippen molar-refractivity contribution in [1.29, 1.82) is 0 Å². The summed E-state index contributed by atoms with van der Waals surface area (Å²) in [7, 11) is 0. The number of rotatable bonds is 4. The van der Waals surface area contributed by atoms with Crippen LogP contribution >= 0.6 is 22.9 Å². The lowest BCUT2D eigenvalue weighted by molar-refractivity contribution is 0.0750. The van der Waals surface area contributed by atoms with Gasteiger partial charge in [-0.15, -0.1) is 11.3 Å². The second-order valence-corrected chi connectivity index (χ2v) is 8.46. The molecule has 4 rings (SSSR count). The van der Waals surface area contributed by atoms with Gasteiger partial charge in [-0.05, 0) is 36.8 Å². The maximum absolute atomic E-state index is 13.1. The molecule has 0 aliphatic carbocycles. The maximum atomic E-state index is 13.1. The minimum absolute atomic E-state index is 0.0223. The Morgan fingerprint density at radius 1 is 1.14 bits per heavy atom. The third-order valence-corrected chi connectivity index (χ3v) is 6.28. The number of carbonyl (C=O) groups excluding carboxylic acids is 1. The van der Waals surface area contributed by atoms with Gasteiger partial charge < -0.3 is 9.80 Å². The molecule has 1 aliphatic rings. The fraction of sp³-hybridized carbons (Fsp3) is 0.286. The van der Waals surface area contributed by atoms with Crippen LogP contribution < -0.4 is 4.90 Å². The van der Waals surface area contributed by atoms with E-state index in [9.17, 15) is 9.18 Å². The smallest absolute Gasteiger partial charge is 0.265 e. The number of nitrogens with zero attached hydrogens (tertiary/aromatic N) is 4. The average Bonchev–Trinajstić information content (AvgIpc) is 3.10.